The van der Waals surface area contributed by atoms with Gasteiger partial charge in [-0.2, -0.15) is 10.2 Å². The zero-order chi connectivity index (χ0) is 15.1. The van der Waals surface area contributed by atoms with E-state index in [-0.39, 0.29) is 10.8 Å². The van der Waals surface area contributed by atoms with Crippen LogP contribution in [0.5, 0.6) is 0 Å². The van der Waals surface area contributed by atoms with Crippen molar-refractivity contribution < 1.29 is 8.42 Å². The first-order chi connectivity index (χ1) is 10.1. The van der Waals surface area contributed by atoms with Crippen molar-refractivity contribution in [2.45, 2.75) is 24.8 Å². The Balaban J connectivity index is 1.99. The number of aryl methyl sites for hydroxylation is 1. The number of nitrogens with one attached hydrogen (secondary N) is 2. The molecule has 2 aromatic heterocycles. The van der Waals surface area contributed by atoms with Crippen LogP contribution in [-0.2, 0) is 16.6 Å². The zero-order valence-electron chi connectivity index (χ0n) is 11.6. The maximum absolute atomic E-state index is 12.1. The Morgan fingerprint density at radius 1 is 1.33 bits per heavy atom. The lowest BCUT2D eigenvalue weighted by molar-refractivity contribution is 0.549. The van der Waals surface area contributed by atoms with Gasteiger partial charge in [0.05, 0.1) is 18.6 Å². The minimum absolute atomic E-state index is 0.0680. The highest BCUT2D eigenvalue weighted by atomic mass is 32.2. The quantitative estimate of drug-likeness (QED) is 0.652. The summed E-state index contributed by atoms with van der Waals surface area (Å²) in [5, 5.41) is 14.4. The summed E-state index contributed by atoms with van der Waals surface area (Å²) in [5.41, 5.74) is 0. The van der Waals surface area contributed by atoms with Gasteiger partial charge in [-0.05, 0) is 19.5 Å². The zero-order valence-corrected chi connectivity index (χ0v) is 12.4. The van der Waals surface area contributed by atoms with Gasteiger partial charge in [0, 0.05) is 12.7 Å². The number of nitrogens with zero attached hydrogens (tertiary/aromatic N) is 5. The van der Waals surface area contributed by atoms with Gasteiger partial charge in [-0.25, -0.2) is 18.1 Å². The van der Waals surface area contributed by atoms with Crippen LogP contribution in [0.2, 0.25) is 0 Å². The second-order valence-corrected chi connectivity index (χ2v) is 5.90. The molecule has 9 nitrogen and oxygen atoms in total. The summed E-state index contributed by atoms with van der Waals surface area (Å²) in [7, 11) is -3.74. The van der Waals surface area contributed by atoms with Crippen molar-refractivity contribution in [3.05, 3.63) is 24.8 Å². The van der Waals surface area contributed by atoms with Crippen LogP contribution in [0.25, 0.3) is 0 Å². The summed E-state index contributed by atoms with van der Waals surface area (Å²) in [6.07, 6.45) is 6.36. The Hall–Kier alpha value is -2.07. The van der Waals surface area contributed by atoms with Crippen LogP contribution in [0.3, 0.4) is 0 Å². The fraction of sp³-hybridized carbons (Fsp3) is 0.455. The SMILES string of the molecule is CCNCCCn1cc(S(=O)(=O)Nc2nccnn2)cn1. The fourth-order valence-corrected chi connectivity index (χ4v) is 2.52. The van der Waals surface area contributed by atoms with Crippen LogP contribution < -0.4 is 10.0 Å². The maximum atomic E-state index is 12.1. The molecule has 10 heteroatoms. The number of anilines is 1. The van der Waals surface area contributed by atoms with Crippen molar-refractivity contribution in [3.63, 3.8) is 0 Å². The molecule has 0 radical (unpaired) electrons. The van der Waals surface area contributed by atoms with Gasteiger partial charge in [0.15, 0.2) is 0 Å². The number of hydrogen-bond donors (Lipinski definition) is 2. The van der Waals surface area contributed by atoms with Crippen LogP contribution in [0.15, 0.2) is 29.7 Å². The van der Waals surface area contributed by atoms with E-state index in [4.69, 9.17) is 0 Å². The van der Waals surface area contributed by atoms with Crippen LogP contribution in [0.4, 0.5) is 5.95 Å². The van der Waals surface area contributed by atoms with Gasteiger partial charge in [0.2, 0.25) is 0 Å². The average molecular weight is 311 g/mol. The van der Waals surface area contributed by atoms with Gasteiger partial charge in [-0.15, -0.1) is 5.10 Å². The van der Waals surface area contributed by atoms with Gasteiger partial charge < -0.3 is 5.32 Å². The fourth-order valence-electron chi connectivity index (χ4n) is 1.62. The molecule has 2 heterocycles. The summed E-state index contributed by atoms with van der Waals surface area (Å²) in [4.78, 5) is 3.83. The lowest BCUT2D eigenvalue weighted by atomic mass is 10.4. The van der Waals surface area contributed by atoms with E-state index in [1.165, 1.54) is 24.8 Å². The third-order valence-electron chi connectivity index (χ3n) is 2.62. The summed E-state index contributed by atoms with van der Waals surface area (Å²) >= 11 is 0. The molecule has 0 bridgehead atoms. The lowest BCUT2D eigenvalue weighted by Gasteiger charge is -2.03. The van der Waals surface area contributed by atoms with E-state index in [1.54, 1.807) is 4.68 Å². The molecule has 0 fully saturated rings. The van der Waals surface area contributed by atoms with Crippen molar-refractivity contribution in [1.29, 1.82) is 0 Å². The lowest BCUT2D eigenvalue weighted by Crippen LogP contribution is -2.16. The second kappa shape index (κ2) is 7.09. The smallest absolute Gasteiger partial charge is 0.267 e. The molecule has 0 saturated heterocycles. The normalized spacial score (nSPS) is 11.5. The minimum atomic E-state index is -3.74. The first-order valence-corrected chi connectivity index (χ1v) is 8.00. The Kier molecular flexibility index (Phi) is 5.17. The van der Waals surface area contributed by atoms with E-state index >= 15 is 0 Å². The summed E-state index contributed by atoms with van der Waals surface area (Å²) in [5.74, 6) is -0.0719. The number of hydrogen-bond acceptors (Lipinski definition) is 7. The van der Waals surface area contributed by atoms with Crippen molar-refractivity contribution >= 4 is 16.0 Å². The molecule has 2 N–H and O–H groups in total. The Morgan fingerprint density at radius 2 is 2.19 bits per heavy atom. The standard InChI is InChI=1S/C11H17N7O2S/c1-2-12-4-3-7-18-9-10(8-15-18)21(19,20)17-11-13-5-6-14-16-11/h5-6,8-9,12H,2-4,7H2,1H3,(H,13,16,17). The maximum Gasteiger partial charge on any atom is 0.267 e. The van der Waals surface area contributed by atoms with E-state index in [2.05, 4.69) is 30.3 Å². The molecule has 0 unspecified atom stereocenters. The van der Waals surface area contributed by atoms with Crippen molar-refractivity contribution in [2.75, 3.05) is 17.8 Å². The molecule has 21 heavy (non-hydrogen) atoms. The molecule has 0 aromatic carbocycles. The molecule has 2 rings (SSSR count). The van der Waals surface area contributed by atoms with Crippen molar-refractivity contribution in [3.8, 4) is 0 Å². The van der Waals surface area contributed by atoms with E-state index < -0.39 is 10.0 Å². The predicted molar refractivity (Wildman–Crippen MR) is 76.0 cm³/mol. The Morgan fingerprint density at radius 3 is 2.90 bits per heavy atom. The molecule has 0 saturated carbocycles. The average Bonchev–Trinajstić information content (AvgIpc) is 2.94. The van der Waals surface area contributed by atoms with Crippen LogP contribution >= 0.6 is 0 Å². The molecule has 0 spiro atoms. The van der Waals surface area contributed by atoms with Gasteiger partial charge in [0.25, 0.3) is 16.0 Å². The molecule has 0 aliphatic rings. The van der Waals surface area contributed by atoms with Gasteiger partial charge in [-0.3, -0.25) is 4.68 Å². The summed E-state index contributed by atoms with van der Waals surface area (Å²) < 4.78 is 28.1. The van der Waals surface area contributed by atoms with Crippen LogP contribution in [0.1, 0.15) is 13.3 Å². The Bertz CT molecular complexity index is 656. The first kappa shape index (κ1) is 15.3. The van der Waals surface area contributed by atoms with Gasteiger partial charge in [-0.1, -0.05) is 6.92 Å². The monoisotopic (exact) mass is 311 g/mol. The molecule has 0 amide bonds. The highest BCUT2D eigenvalue weighted by Gasteiger charge is 2.17. The van der Waals surface area contributed by atoms with Crippen LogP contribution in [-0.4, -0.2) is 46.5 Å². The van der Waals surface area contributed by atoms with E-state index in [1.807, 2.05) is 6.92 Å². The number of aromatic nitrogens is 5. The second-order valence-electron chi connectivity index (χ2n) is 4.22. The molecule has 0 aliphatic heterocycles. The molecule has 2 aromatic rings. The van der Waals surface area contributed by atoms with E-state index in [9.17, 15) is 8.42 Å². The van der Waals surface area contributed by atoms with E-state index in [0.29, 0.717) is 6.54 Å². The largest absolute Gasteiger partial charge is 0.317 e. The summed E-state index contributed by atoms with van der Waals surface area (Å²) in [6.45, 7) is 4.45. The Labute approximate surface area is 122 Å². The third kappa shape index (κ3) is 4.46. The number of rotatable bonds is 8. The first-order valence-electron chi connectivity index (χ1n) is 6.51. The molecule has 114 valence electrons. The van der Waals surface area contributed by atoms with Crippen LogP contribution in [0, 0.1) is 0 Å². The van der Waals surface area contributed by atoms with Crippen molar-refractivity contribution in [1.82, 2.24) is 30.3 Å². The predicted octanol–water partition coefficient (Wildman–Crippen LogP) is -0.131. The topological polar surface area (TPSA) is 115 Å². The summed E-state index contributed by atoms with van der Waals surface area (Å²) in [6, 6.07) is 0. The molecular formula is C11H17N7O2S. The minimum Gasteiger partial charge on any atom is -0.317 e. The highest BCUT2D eigenvalue weighted by Crippen LogP contribution is 2.11. The molecule has 0 aliphatic carbocycles. The van der Waals surface area contributed by atoms with Gasteiger partial charge in [0.1, 0.15) is 4.90 Å². The number of sulfonamides is 1. The molecule has 0 atom stereocenters. The van der Waals surface area contributed by atoms with Gasteiger partial charge >= 0.3 is 0 Å². The van der Waals surface area contributed by atoms with Crippen molar-refractivity contribution in [2.24, 2.45) is 0 Å². The molecular weight excluding hydrogens is 294 g/mol. The highest BCUT2D eigenvalue weighted by molar-refractivity contribution is 7.92. The third-order valence-corrected chi connectivity index (χ3v) is 3.90. The van der Waals surface area contributed by atoms with E-state index in [0.717, 1.165) is 19.5 Å².